The minimum absolute atomic E-state index is 0.0248. The number of aryl methyl sites for hydroxylation is 1. The fourth-order valence-electron chi connectivity index (χ4n) is 4.62. The summed E-state index contributed by atoms with van der Waals surface area (Å²) in [4.78, 5) is 30.9. The molecule has 0 aliphatic heterocycles. The molecule has 9 heteroatoms. The third-order valence-electron chi connectivity index (χ3n) is 6.58. The summed E-state index contributed by atoms with van der Waals surface area (Å²) in [6, 6.07) is 11.1. The lowest BCUT2D eigenvalue weighted by atomic mass is 9.88. The molecule has 1 aromatic heterocycles. The van der Waals surface area contributed by atoms with Crippen LogP contribution < -0.4 is 24.8 Å². The number of hydrogen-bond acceptors (Lipinski definition) is 7. The molecule has 1 heterocycles. The highest BCUT2D eigenvalue weighted by Crippen LogP contribution is 2.38. The van der Waals surface area contributed by atoms with E-state index in [1.165, 1.54) is 43.8 Å². The van der Waals surface area contributed by atoms with Gasteiger partial charge in [0.2, 0.25) is 5.75 Å². The van der Waals surface area contributed by atoms with Crippen molar-refractivity contribution in [3.8, 4) is 17.2 Å². The molecule has 2 N–H and O–H groups in total. The molecule has 3 aromatic rings. The minimum atomic E-state index is -0.381. The summed E-state index contributed by atoms with van der Waals surface area (Å²) in [5.41, 5.74) is 3.18. The van der Waals surface area contributed by atoms with Crippen molar-refractivity contribution < 1.29 is 23.8 Å². The van der Waals surface area contributed by atoms with E-state index >= 15 is 0 Å². The van der Waals surface area contributed by atoms with Crippen LogP contribution in [0.1, 0.15) is 75.8 Å². The molecule has 0 saturated carbocycles. The maximum absolute atomic E-state index is 13.2. The minimum Gasteiger partial charge on any atom is -0.493 e. The molecular formula is C28H33N3O5S. The molecule has 2 aromatic carbocycles. The molecule has 0 radical (unpaired) electrons. The standard InChI is InChI=1S/C28H33N3O5S/c1-16(2)24(31-26(32)18-13-22(34-3)25(36-5)23(14-18)35-4)28-30-21(15-37-28)27(33)29-20-12-8-10-17-9-6-7-11-19(17)20/h6-7,9,11,13-16,20,24H,8,10,12H2,1-5H3,(H,29,33)(H,31,32)/t20-,24?/m0/s1. The lowest BCUT2D eigenvalue weighted by Crippen LogP contribution is -2.33. The van der Waals surface area contributed by atoms with Gasteiger partial charge in [-0.3, -0.25) is 9.59 Å². The third kappa shape index (κ3) is 5.72. The molecule has 1 unspecified atom stereocenters. The Labute approximate surface area is 221 Å². The lowest BCUT2D eigenvalue weighted by molar-refractivity contribution is 0.0923. The van der Waals surface area contributed by atoms with E-state index in [0.717, 1.165) is 19.3 Å². The number of thiazole rings is 1. The molecule has 1 aliphatic rings. The maximum Gasteiger partial charge on any atom is 0.271 e. The first kappa shape index (κ1) is 26.5. The van der Waals surface area contributed by atoms with Crippen LogP contribution in [0.2, 0.25) is 0 Å². The third-order valence-corrected chi connectivity index (χ3v) is 7.50. The van der Waals surface area contributed by atoms with Crippen molar-refractivity contribution in [2.45, 2.75) is 45.2 Å². The molecule has 0 fully saturated rings. The summed E-state index contributed by atoms with van der Waals surface area (Å²) in [5, 5.41) is 8.64. The number of methoxy groups -OCH3 is 3. The Balaban J connectivity index is 1.51. The Bertz CT molecular complexity index is 1250. The van der Waals surface area contributed by atoms with E-state index in [-0.39, 0.29) is 29.8 Å². The molecular weight excluding hydrogens is 490 g/mol. The highest BCUT2D eigenvalue weighted by molar-refractivity contribution is 7.09. The van der Waals surface area contributed by atoms with Gasteiger partial charge in [0.25, 0.3) is 11.8 Å². The SMILES string of the molecule is COc1cc(C(=O)NC(c2nc(C(=O)N[C@H]3CCCc4ccccc43)cs2)C(C)C)cc(OC)c1OC. The van der Waals surface area contributed by atoms with Crippen molar-refractivity contribution >= 4 is 23.2 Å². The van der Waals surface area contributed by atoms with Crippen LogP contribution >= 0.6 is 11.3 Å². The molecule has 0 spiro atoms. The molecule has 2 atom stereocenters. The van der Waals surface area contributed by atoms with Gasteiger partial charge in [-0.05, 0) is 48.4 Å². The zero-order chi connectivity index (χ0) is 26.5. The Morgan fingerprint density at radius 3 is 2.38 bits per heavy atom. The second kappa shape index (κ2) is 11.6. The number of ether oxygens (including phenoxy) is 3. The predicted octanol–water partition coefficient (Wildman–Crippen LogP) is 5.10. The van der Waals surface area contributed by atoms with Crippen LogP contribution in [0.15, 0.2) is 41.8 Å². The number of fused-ring (bicyclic) bond motifs is 1. The molecule has 0 saturated heterocycles. The molecule has 4 rings (SSSR count). The maximum atomic E-state index is 13.2. The van der Waals surface area contributed by atoms with Gasteiger partial charge in [-0.1, -0.05) is 38.1 Å². The summed E-state index contributed by atoms with van der Waals surface area (Å²) >= 11 is 1.36. The molecule has 196 valence electrons. The summed E-state index contributed by atoms with van der Waals surface area (Å²) in [6.07, 6.45) is 2.97. The van der Waals surface area contributed by atoms with E-state index < -0.39 is 0 Å². The zero-order valence-corrected chi connectivity index (χ0v) is 22.6. The Morgan fingerprint density at radius 2 is 1.73 bits per heavy atom. The van der Waals surface area contributed by atoms with Crippen LogP contribution in [0.25, 0.3) is 0 Å². The average Bonchev–Trinajstić information content (AvgIpc) is 3.40. The number of nitrogens with one attached hydrogen (secondary N) is 2. The largest absolute Gasteiger partial charge is 0.493 e. The summed E-state index contributed by atoms with van der Waals surface area (Å²) in [5.74, 6) is 0.730. The van der Waals surface area contributed by atoms with Crippen molar-refractivity contribution in [3.05, 3.63) is 69.2 Å². The van der Waals surface area contributed by atoms with Gasteiger partial charge in [-0.25, -0.2) is 4.98 Å². The Morgan fingerprint density at radius 1 is 1.03 bits per heavy atom. The van der Waals surface area contributed by atoms with Crippen molar-refractivity contribution in [2.75, 3.05) is 21.3 Å². The number of hydrogen-bond donors (Lipinski definition) is 2. The fourth-order valence-corrected chi connectivity index (χ4v) is 5.64. The predicted molar refractivity (Wildman–Crippen MR) is 143 cm³/mol. The van der Waals surface area contributed by atoms with Crippen molar-refractivity contribution in [1.82, 2.24) is 15.6 Å². The number of rotatable bonds is 9. The normalized spacial score (nSPS) is 15.5. The van der Waals surface area contributed by atoms with E-state index in [1.807, 2.05) is 26.0 Å². The van der Waals surface area contributed by atoms with Gasteiger partial charge < -0.3 is 24.8 Å². The second-order valence-electron chi connectivity index (χ2n) is 9.30. The van der Waals surface area contributed by atoms with Gasteiger partial charge >= 0.3 is 0 Å². The highest BCUT2D eigenvalue weighted by atomic mass is 32.1. The van der Waals surface area contributed by atoms with E-state index in [2.05, 4.69) is 27.8 Å². The number of amides is 2. The quantitative estimate of drug-likeness (QED) is 0.405. The molecule has 2 amide bonds. The van der Waals surface area contributed by atoms with E-state index in [9.17, 15) is 9.59 Å². The summed E-state index contributed by atoms with van der Waals surface area (Å²) in [6.45, 7) is 4.00. The van der Waals surface area contributed by atoms with Crippen molar-refractivity contribution in [3.63, 3.8) is 0 Å². The van der Waals surface area contributed by atoms with Gasteiger partial charge in [-0.15, -0.1) is 11.3 Å². The van der Waals surface area contributed by atoms with Crippen LogP contribution in [0, 0.1) is 5.92 Å². The topological polar surface area (TPSA) is 98.8 Å². The smallest absolute Gasteiger partial charge is 0.271 e. The molecule has 0 bridgehead atoms. The first-order valence-electron chi connectivity index (χ1n) is 12.3. The average molecular weight is 524 g/mol. The number of benzene rings is 2. The van der Waals surface area contributed by atoms with Gasteiger partial charge in [0, 0.05) is 10.9 Å². The van der Waals surface area contributed by atoms with E-state index in [1.54, 1.807) is 17.5 Å². The highest BCUT2D eigenvalue weighted by Gasteiger charge is 2.27. The van der Waals surface area contributed by atoms with Crippen LogP contribution in [-0.2, 0) is 6.42 Å². The van der Waals surface area contributed by atoms with Gasteiger partial charge in [0.05, 0.1) is 33.4 Å². The monoisotopic (exact) mass is 523 g/mol. The van der Waals surface area contributed by atoms with Crippen LogP contribution in [0.5, 0.6) is 17.2 Å². The van der Waals surface area contributed by atoms with Crippen molar-refractivity contribution in [2.24, 2.45) is 5.92 Å². The molecule has 8 nitrogen and oxygen atoms in total. The van der Waals surface area contributed by atoms with E-state index in [0.29, 0.717) is 33.5 Å². The van der Waals surface area contributed by atoms with E-state index in [4.69, 9.17) is 14.2 Å². The summed E-state index contributed by atoms with van der Waals surface area (Å²) in [7, 11) is 4.52. The van der Waals surface area contributed by atoms with Crippen LogP contribution in [0.3, 0.4) is 0 Å². The number of carbonyl (C=O) groups excluding carboxylic acids is 2. The van der Waals surface area contributed by atoms with Crippen LogP contribution in [0.4, 0.5) is 0 Å². The Hall–Kier alpha value is -3.59. The number of nitrogens with zero attached hydrogens (tertiary/aromatic N) is 1. The number of aromatic nitrogens is 1. The van der Waals surface area contributed by atoms with Crippen molar-refractivity contribution in [1.29, 1.82) is 0 Å². The first-order valence-corrected chi connectivity index (χ1v) is 13.2. The molecule has 1 aliphatic carbocycles. The van der Waals surface area contributed by atoms with Gasteiger partial charge in [0.15, 0.2) is 11.5 Å². The summed E-state index contributed by atoms with van der Waals surface area (Å²) < 4.78 is 16.1. The second-order valence-corrected chi connectivity index (χ2v) is 10.2. The number of carbonyl (C=O) groups is 2. The zero-order valence-electron chi connectivity index (χ0n) is 21.8. The van der Waals surface area contributed by atoms with Crippen LogP contribution in [-0.4, -0.2) is 38.1 Å². The lowest BCUT2D eigenvalue weighted by Gasteiger charge is -2.26. The van der Waals surface area contributed by atoms with Gasteiger partial charge in [0.1, 0.15) is 10.7 Å². The first-order chi connectivity index (χ1) is 17.9. The Kier molecular flexibility index (Phi) is 8.33. The fraction of sp³-hybridized carbons (Fsp3) is 0.393. The molecule has 37 heavy (non-hydrogen) atoms. The van der Waals surface area contributed by atoms with Gasteiger partial charge in [-0.2, -0.15) is 0 Å².